The van der Waals surface area contributed by atoms with Crippen molar-refractivity contribution in [2.75, 3.05) is 0 Å². The molecule has 1 N–H and O–H groups in total. The first-order valence-corrected chi connectivity index (χ1v) is 5.40. The van der Waals surface area contributed by atoms with Gasteiger partial charge in [0.2, 0.25) is 0 Å². The van der Waals surface area contributed by atoms with Crippen LogP contribution in [0, 0.1) is 6.92 Å². The first-order valence-electron chi connectivity index (χ1n) is 5.40. The van der Waals surface area contributed by atoms with Crippen LogP contribution in [0.15, 0.2) is 18.2 Å². The summed E-state index contributed by atoms with van der Waals surface area (Å²) in [5.74, 6) is 0.0273. The standard InChI is InChI=1S/C13H16O2/c1-8-4-3-5-11-10(7-12(14)15)6-9(2)13(8)11/h3-5,9-10H,6-7H2,1-2H3,(H,14,15)/t9-,10+/m0/s1. The highest BCUT2D eigenvalue weighted by atomic mass is 16.4. The summed E-state index contributed by atoms with van der Waals surface area (Å²) in [6.07, 6.45) is 1.24. The van der Waals surface area contributed by atoms with Gasteiger partial charge in [-0.2, -0.15) is 0 Å². The lowest BCUT2D eigenvalue weighted by atomic mass is 9.96. The molecule has 80 valence electrons. The molecule has 1 aliphatic carbocycles. The van der Waals surface area contributed by atoms with Crippen molar-refractivity contribution in [3.63, 3.8) is 0 Å². The van der Waals surface area contributed by atoms with Crippen molar-refractivity contribution < 1.29 is 9.90 Å². The van der Waals surface area contributed by atoms with Crippen molar-refractivity contribution in [3.05, 3.63) is 34.9 Å². The van der Waals surface area contributed by atoms with Gasteiger partial charge in [-0.05, 0) is 41.9 Å². The van der Waals surface area contributed by atoms with Crippen LogP contribution in [0.5, 0.6) is 0 Å². The third-order valence-corrected chi connectivity index (χ3v) is 3.35. The van der Waals surface area contributed by atoms with E-state index in [-0.39, 0.29) is 12.3 Å². The van der Waals surface area contributed by atoms with Gasteiger partial charge in [0, 0.05) is 0 Å². The van der Waals surface area contributed by atoms with E-state index in [0.717, 1.165) is 6.42 Å². The number of hydrogen-bond acceptors (Lipinski definition) is 1. The Kier molecular flexibility index (Phi) is 2.51. The Morgan fingerprint density at radius 2 is 2.27 bits per heavy atom. The summed E-state index contributed by atoms with van der Waals surface area (Å²) in [6, 6.07) is 6.22. The van der Waals surface area contributed by atoms with E-state index in [2.05, 4.69) is 26.0 Å². The van der Waals surface area contributed by atoms with Gasteiger partial charge in [0.15, 0.2) is 0 Å². The number of aryl methyl sites for hydroxylation is 1. The Bertz CT molecular complexity index is 396. The molecule has 0 spiro atoms. The van der Waals surface area contributed by atoms with Crippen LogP contribution >= 0.6 is 0 Å². The summed E-state index contributed by atoms with van der Waals surface area (Å²) >= 11 is 0. The van der Waals surface area contributed by atoms with Crippen LogP contribution in [-0.2, 0) is 4.79 Å². The topological polar surface area (TPSA) is 37.3 Å². The number of carboxylic acid groups (broad SMARTS) is 1. The molecule has 0 amide bonds. The van der Waals surface area contributed by atoms with Crippen molar-refractivity contribution in [3.8, 4) is 0 Å². The molecule has 15 heavy (non-hydrogen) atoms. The van der Waals surface area contributed by atoms with Gasteiger partial charge >= 0.3 is 5.97 Å². The summed E-state index contributed by atoms with van der Waals surface area (Å²) in [6.45, 7) is 4.30. The minimum atomic E-state index is -0.693. The maximum absolute atomic E-state index is 10.8. The van der Waals surface area contributed by atoms with E-state index in [1.807, 2.05) is 6.07 Å². The predicted molar refractivity (Wildman–Crippen MR) is 59.2 cm³/mol. The number of carbonyl (C=O) groups is 1. The summed E-state index contributed by atoms with van der Waals surface area (Å²) < 4.78 is 0. The maximum atomic E-state index is 10.8. The molecule has 0 unspecified atom stereocenters. The van der Waals surface area contributed by atoms with Gasteiger partial charge in [-0.15, -0.1) is 0 Å². The molecule has 0 radical (unpaired) electrons. The Labute approximate surface area is 89.9 Å². The lowest BCUT2D eigenvalue weighted by Gasteiger charge is -2.09. The van der Waals surface area contributed by atoms with Crippen molar-refractivity contribution in [1.29, 1.82) is 0 Å². The molecule has 2 nitrogen and oxygen atoms in total. The highest BCUT2D eigenvalue weighted by Crippen LogP contribution is 2.44. The number of hydrogen-bond donors (Lipinski definition) is 1. The first kappa shape index (κ1) is 10.2. The fraction of sp³-hybridized carbons (Fsp3) is 0.462. The second-order valence-electron chi connectivity index (χ2n) is 4.51. The summed E-state index contributed by atoms with van der Waals surface area (Å²) in [5.41, 5.74) is 3.93. The smallest absolute Gasteiger partial charge is 0.303 e. The quantitative estimate of drug-likeness (QED) is 0.803. The molecule has 0 aromatic heterocycles. The summed E-state index contributed by atoms with van der Waals surface area (Å²) in [5, 5.41) is 8.86. The Morgan fingerprint density at radius 3 is 2.93 bits per heavy atom. The van der Waals surface area contributed by atoms with Gasteiger partial charge in [-0.25, -0.2) is 0 Å². The van der Waals surface area contributed by atoms with Crippen LogP contribution in [0.4, 0.5) is 0 Å². The van der Waals surface area contributed by atoms with Crippen molar-refractivity contribution >= 4 is 5.97 Å². The molecule has 1 aliphatic rings. The van der Waals surface area contributed by atoms with Gasteiger partial charge in [-0.1, -0.05) is 25.1 Å². The Balaban J connectivity index is 2.38. The molecular formula is C13H16O2. The third-order valence-electron chi connectivity index (χ3n) is 3.35. The molecule has 0 fully saturated rings. The average molecular weight is 204 g/mol. The number of carboxylic acids is 1. The van der Waals surface area contributed by atoms with E-state index in [0.29, 0.717) is 5.92 Å². The second-order valence-corrected chi connectivity index (χ2v) is 4.51. The van der Waals surface area contributed by atoms with E-state index in [4.69, 9.17) is 5.11 Å². The molecule has 2 rings (SSSR count). The number of rotatable bonds is 2. The van der Waals surface area contributed by atoms with Gasteiger partial charge < -0.3 is 5.11 Å². The lowest BCUT2D eigenvalue weighted by Crippen LogP contribution is -2.03. The molecule has 0 bridgehead atoms. The van der Waals surface area contributed by atoms with E-state index >= 15 is 0 Å². The highest BCUT2D eigenvalue weighted by Gasteiger charge is 2.30. The third kappa shape index (κ3) is 1.76. The predicted octanol–water partition coefficient (Wildman–Crippen LogP) is 3.06. The molecular weight excluding hydrogens is 188 g/mol. The van der Waals surface area contributed by atoms with Crippen LogP contribution in [0.2, 0.25) is 0 Å². The van der Waals surface area contributed by atoms with Crippen LogP contribution in [0.25, 0.3) is 0 Å². The summed E-state index contributed by atoms with van der Waals surface area (Å²) in [4.78, 5) is 10.8. The lowest BCUT2D eigenvalue weighted by molar-refractivity contribution is -0.137. The van der Waals surface area contributed by atoms with Crippen LogP contribution < -0.4 is 0 Å². The second kappa shape index (κ2) is 3.69. The molecule has 0 saturated heterocycles. The normalized spacial score (nSPS) is 23.9. The molecule has 0 saturated carbocycles. The van der Waals surface area contributed by atoms with Gasteiger partial charge in [-0.3, -0.25) is 4.79 Å². The number of benzene rings is 1. The van der Waals surface area contributed by atoms with E-state index < -0.39 is 5.97 Å². The summed E-state index contributed by atoms with van der Waals surface area (Å²) in [7, 11) is 0. The van der Waals surface area contributed by atoms with Crippen LogP contribution in [0.1, 0.15) is 48.3 Å². The fourth-order valence-electron chi connectivity index (χ4n) is 2.81. The Morgan fingerprint density at radius 1 is 1.53 bits per heavy atom. The van der Waals surface area contributed by atoms with Crippen molar-refractivity contribution in [1.82, 2.24) is 0 Å². The zero-order valence-corrected chi connectivity index (χ0v) is 9.16. The molecule has 1 aromatic rings. The largest absolute Gasteiger partial charge is 0.481 e. The van der Waals surface area contributed by atoms with Crippen molar-refractivity contribution in [2.45, 2.75) is 38.5 Å². The number of aliphatic carboxylic acids is 1. The number of fused-ring (bicyclic) bond motifs is 1. The monoisotopic (exact) mass is 204 g/mol. The fourth-order valence-corrected chi connectivity index (χ4v) is 2.81. The van der Waals surface area contributed by atoms with E-state index in [9.17, 15) is 4.79 Å². The highest BCUT2D eigenvalue weighted by molar-refractivity contribution is 5.68. The SMILES string of the molecule is Cc1cccc2c1[C@@H](C)C[C@@H]2CC(=O)O. The van der Waals surface area contributed by atoms with Crippen LogP contribution in [-0.4, -0.2) is 11.1 Å². The minimum absolute atomic E-state index is 0.215. The van der Waals surface area contributed by atoms with E-state index in [1.54, 1.807) is 0 Å². The maximum Gasteiger partial charge on any atom is 0.303 e. The Hall–Kier alpha value is -1.31. The van der Waals surface area contributed by atoms with E-state index in [1.165, 1.54) is 16.7 Å². The first-order chi connectivity index (χ1) is 7.09. The average Bonchev–Trinajstić information content (AvgIpc) is 2.44. The van der Waals surface area contributed by atoms with Gasteiger partial charge in [0.25, 0.3) is 0 Å². The van der Waals surface area contributed by atoms with Crippen molar-refractivity contribution in [2.24, 2.45) is 0 Å². The zero-order chi connectivity index (χ0) is 11.0. The molecule has 2 atom stereocenters. The zero-order valence-electron chi connectivity index (χ0n) is 9.16. The minimum Gasteiger partial charge on any atom is -0.481 e. The van der Waals surface area contributed by atoms with Gasteiger partial charge in [0.05, 0.1) is 6.42 Å². The molecule has 1 aromatic carbocycles. The van der Waals surface area contributed by atoms with Gasteiger partial charge in [0.1, 0.15) is 0 Å². The van der Waals surface area contributed by atoms with Crippen LogP contribution in [0.3, 0.4) is 0 Å². The molecule has 2 heteroatoms. The molecule has 0 aliphatic heterocycles. The molecule has 0 heterocycles.